The molecule has 18 heavy (non-hydrogen) atoms. The number of aryl methyl sites for hydroxylation is 1. The van der Waals surface area contributed by atoms with E-state index in [1.807, 2.05) is 0 Å². The molecule has 0 amide bonds. The van der Waals surface area contributed by atoms with E-state index in [4.69, 9.17) is 0 Å². The molecule has 6 heteroatoms. The van der Waals surface area contributed by atoms with Crippen LogP contribution in [0.1, 0.15) is 47.7 Å². The zero-order valence-electron chi connectivity index (χ0n) is 10.3. The number of hydrogen-bond acceptors (Lipinski definition) is 3. The van der Waals surface area contributed by atoms with Crippen LogP contribution in [0, 0.1) is 0 Å². The van der Waals surface area contributed by atoms with Gasteiger partial charge in [-0.15, -0.1) is 11.3 Å². The summed E-state index contributed by atoms with van der Waals surface area (Å²) in [5.74, 6) is 0.146. The van der Waals surface area contributed by atoms with Gasteiger partial charge in [0, 0.05) is 17.3 Å². The summed E-state index contributed by atoms with van der Waals surface area (Å²) in [7, 11) is 0. The molecule has 1 aromatic heterocycles. The normalized spacial score (nSPS) is 19.9. The Balaban J connectivity index is 2.13. The lowest BCUT2D eigenvalue weighted by Crippen LogP contribution is -2.25. The molecular weight excluding hydrogens is 261 g/mol. The van der Waals surface area contributed by atoms with E-state index in [0.717, 1.165) is 55.0 Å². The molecule has 0 saturated carbocycles. The van der Waals surface area contributed by atoms with Crippen LogP contribution < -0.4 is 5.32 Å². The first-order valence-corrected chi connectivity index (χ1v) is 7.11. The Labute approximate surface area is 109 Å². The molecule has 2 nitrogen and oxygen atoms in total. The van der Waals surface area contributed by atoms with E-state index in [9.17, 15) is 13.2 Å². The lowest BCUT2D eigenvalue weighted by atomic mass is 9.91. The number of nitrogens with one attached hydrogen (secondary N) is 1. The average molecular weight is 278 g/mol. The number of alkyl halides is 3. The van der Waals surface area contributed by atoms with Gasteiger partial charge in [-0.2, -0.15) is 13.2 Å². The molecule has 0 saturated heterocycles. The van der Waals surface area contributed by atoms with E-state index in [0.29, 0.717) is 5.69 Å². The summed E-state index contributed by atoms with van der Waals surface area (Å²) in [6, 6.07) is 0. The van der Waals surface area contributed by atoms with E-state index in [-0.39, 0.29) is 5.92 Å². The van der Waals surface area contributed by atoms with Crippen LogP contribution in [0.5, 0.6) is 0 Å². The first kappa shape index (κ1) is 13.8. The fourth-order valence-electron chi connectivity index (χ4n) is 2.28. The standard InChI is InChI=1S/C12H17F3N2S/c1-2-6-16-7-8-4-3-5-9-10(8)17-11(18-9)12(13,14)15/h8,16H,2-7H2,1H3. The summed E-state index contributed by atoms with van der Waals surface area (Å²) < 4.78 is 37.9. The minimum absolute atomic E-state index is 0.146. The molecule has 1 heterocycles. The van der Waals surface area contributed by atoms with E-state index in [2.05, 4.69) is 17.2 Å². The van der Waals surface area contributed by atoms with Gasteiger partial charge in [0.05, 0.1) is 5.69 Å². The Hall–Kier alpha value is -0.620. The maximum Gasteiger partial charge on any atom is 0.443 e. The average Bonchev–Trinajstić information content (AvgIpc) is 2.73. The van der Waals surface area contributed by atoms with Gasteiger partial charge in [-0.05, 0) is 32.2 Å². The molecule has 1 aliphatic carbocycles. The predicted molar refractivity (Wildman–Crippen MR) is 66.0 cm³/mol. The van der Waals surface area contributed by atoms with Crippen LogP contribution in [-0.4, -0.2) is 18.1 Å². The Kier molecular flexibility index (Phi) is 4.27. The maximum atomic E-state index is 12.6. The molecule has 1 aliphatic rings. The van der Waals surface area contributed by atoms with Crippen molar-refractivity contribution in [3.8, 4) is 0 Å². The second-order valence-electron chi connectivity index (χ2n) is 4.62. The Morgan fingerprint density at radius 1 is 1.44 bits per heavy atom. The molecule has 0 spiro atoms. The smallest absolute Gasteiger partial charge is 0.316 e. The third-order valence-corrected chi connectivity index (χ3v) is 4.31. The number of thiazole rings is 1. The summed E-state index contributed by atoms with van der Waals surface area (Å²) in [6.45, 7) is 3.72. The monoisotopic (exact) mass is 278 g/mol. The van der Waals surface area contributed by atoms with Gasteiger partial charge in [-0.3, -0.25) is 0 Å². The van der Waals surface area contributed by atoms with E-state index in [1.165, 1.54) is 0 Å². The molecular formula is C12H17F3N2S. The van der Waals surface area contributed by atoms with Gasteiger partial charge >= 0.3 is 6.18 Å². The fraction of sp³-hybridized carbons (Fsp3) is 0.750. The largest absolute Gasteiger partial charge is 0.443 e. The van der Waals surface area contributed by atoms with Crippen molar-refractivity contribution in [3.63, 3.8) is 0 Å². The van der Waals surface area contributed by atoms with Crippen molar-refractivity contribution in [2.24, 2.45) is 0 Å². The first-order valence-electron chi connectivity index (χ1n) is 6.30. The molecule has 0 bridgehead atoms. The second-order valence-corrected chi connectivity index (χ2v) is 5.70. The Morgan fingerprint density at radius 2 is 2.22 bits per heavy atom. The lowest BCUT2D eigenvalue weighted by Gasteiger charge is -2.21. The first-order chi connectivity index (χ1) is 8.52. The highest BCUT2D eigenvalue weighted by Gasteiger charge is 2.37. The number of aromatic nitrogens is 1. The van der Waals surface area contributed by atoms with Crippen LogP contribution in [0.4, 0.5) is 13.2 Å². The topological polar surface area (TPSA) is 24.9 Å². The third kappa shape index (κ3) is 3.03. The van der Waals surface area contributed by atoms with Crippen molar-refractivity contribution in [1.82, 2.24) is 10.3 Å². The molecule has 0 aromatic carbocycles. The van der Waals surface area contributed by atoms with Crippen LogP contribution in [0.25, 0.3) is 0 Å². The minimum Gasteiger partial charge on any atom is -0.316 e. The molecule has 1 aromatic rings. The molecule has 1 unspecified atom stereocenters. The fourth-order valence-corrected chi connectivity index (χ4v) is 3.34. The van der Waals surface area contributed by atoms with Crippen molar-refractivity contribution in [1.29, 1.82) is 0 Å². The highest BCUT2D eigenvalue weighted by atomic mass is 32.1. The third-order valence-electron chi connectivity index (χ3n) is 3.13. The second kappa shape index (κ2) is 5.57. The number of fused-ring (bicyclic) bond motifs is 1. The van der Waals surface area contributed by atoms with Crippen molar-refractivity contribution in [3.05, 3.63) is 15.6 Å². The highest BCUT2D eigenvalue weighted by molar-refractivity contribution is 7.11. The number of nitrogens with zero attached hydrogens (tertiary/aromatic N) is 1. The van der Waals surface area contributed by atoms with E-state index in [1.54, 1.807) is 0 Å². The SMILES string of the molecule is CCCNCC1CCCc2sc(C(F)(F)F)nc21. The van der Waals surface area contributed by atoms with Crippen molar-refractivity contribution < 1.29 is 13.2 Å². The zero-order valence-corrected chi connectivity index (χ0v) is 11.1. The van der Waals surface area contributed by atoms with Crippen molar-refractivity contribution in [2.75, 3.05) is 13.1 Å². The van der Waals surface area contributed by atoms with Gasteiger partial charge in [0.2, 0.25) is 0 Å². The lowest BCUT2D eigenvalue weighted by molar-refractivity contribution is -0.137. The molecule has 0 aliphatic heterocycles. The molecule has 1 N–H and O–H groups in total. The van der Waals surface area contributed by atoms with Crippen LogP contribution in [0.3, 0.4) is 0 Å². The van der Waals surface area contributed by atoms with Crippen molar-refractivity contribution >= 4 is 11.3 Å². The highest BCUT2D eigenvalue weighted by Crippen LogP contribution is 2.40. The van der Waals surface area contributed by atoms with Crippen LogP contribution in [0.15, 0.2) is 0 Å². The minimum atomic E-state index is -4.30. The number of halogens is 3. The Morgan fingerprint density at radius 3 is 2.89 bits per heavy atom. The van der Waals surface area contributed by atoms with Crippen LogP contribution in [-0.2, 0) is 12.6 Å². The van der Waals surface area contributed by atoms with Crippen molar-refractivity contribution in [2.45, 2.75) is 44.7 Å². The molecule has 0 fully saturated rings. The number of rotatable bonds is 4. The molecule has 102 valence electrons. The summed E-state index contributed by atoms with van der Waals surface area (Å²) in [5.41, 5.74) is 0.683. The van der Waals surface area contributed by atoms with Gasteiger partial charge in [-0.1, -0.05) is 6.92 Å². The molecule has 0 radical (unpaired) electrons. The quantitative estimate of drug-likeness (QED) is 0.851. The van der Waals surface area contributed by atoms with Crippen LogP contribution in [0.2, 0.25) is 0 Å². The summed E-state index contributed by atoms with van der Waals surface area (Å²) in [6.07, 6.45) is -0.628. The van der Waals surface area contributed by atoms with E-state index < -0.39 is 11.2 Å². The Bertz CT molecular complexity index is 401. The summed E-state index contributed by atoms with van der Waals surface area (Å²) in [4.78, 5) is 4.67. The zero-order chi connectivity index (χ0) is 13.2. The van der Waals surface area contributed by atoms with Gasteiger partial charge in [0.25, 0.3) is 0 Å². The summed E-state index contributed by atoms with van der Waals surface area (Å²) in [5, 5.41) is 2.59. The van der Waals surface area contributed by atoms with E-state index >= 15 is 0 Å². The molecule has 2 rings (SSSR count). The van der Waals surface area contributed by atoms with Gasteiger partial charge in [-0.25, -0.2) is 4.98 Å². The number of hydrogen-bond donors (Lipinski definition) is 1. The maximum absolute atomic E-state index is 12.6. The van der Waals surface area contributed by atoms with Gasteiger partial charge < -0.3 is 5.32 Å². The van der Waals surface area contributed by atoms with Gasteiger partial charge in [0.15, 0.2) is 5.01 Å². The summed E-state index contributed by atoms with van der Waals surface area (Å²) >= 11 is 0.821. The molecule has 1 atom stereocenters. The van der Waals surface area contributed by atoms with Crippen LogP contribution >= 0.6 is 11.3 Å². The predicted octanol–water partition coefficient (Wildman–Crippen LogP) is 3.58. The van der Waals surface area contributed by atoms with Gasteiger partial charge in [0.1, 0.15) is 0 Å².